The summed E-state index contributed by atoms with van der Waals surface area (Å²) in [6.07, 6.45) is 9.74. The Morgan fingerprint density at radius 3 is 2.33 bits per heavy atom. The van der Waals surface area contributed by atoms with Gasteiger partial charge < -0.3 is 5.73 Å². The highest BCUT2D eigenvalue weighted by Crippen LogP contribution is 2.70. The van der Waals surface area contributed by atoms with E-state index in [1.807, 2.05) is 0 Å². The molecule has 3 fully saturated rings. The third-order valence-corrected chi connectivity index (χ3v) is 6.43. The van der Waals surface area contributed by atoms with Gasteiger partial charge in [-0.3, -0.25) is 0 Å². The molecule has 3 atom stereocenters. The second kappa shape index (κ2) is 3.60. The molecule has 0 amide bonds. The van der Waals surface area contributed by atoms with Crippen molar-refractivity contribution in [1.29, 1.82) is 0 Å². The standard InChI is InChI=1S/C17H23N/c18-17(13-6-2-1-3-7-13)15-9-8-14(12-15)16(17)10-4-5-11-16/h1-3,6-7,14-15H,4-5,8-12,18H2/t14?,15?,17-/m0/s1. The number of rotatable bonds is 1. The zero-order chi connectivity index (χ0) is 12.2. The highest BCUT2D eigenvalue weighted by molar-refractivity contribution is 5.34. The molecule has 1 spiro atoms. The minimum absolute atomic E-state index is 0.0202. The van der Waals surface area contributed by atoms with Crippen molar-refractivity contribution in [2.45, 2.75) is 50.5 Å². The zero-order valence-corrected chi connectivity index (χ0v) is 11.1. The highest BCUT2D eigenvalue weighted by atomic mass is 14.9. The van der Waals surface area contributed by atoms with Crippen LogP contribution in [-0.4, -0.2) is 0 Å². The Hall–Kier alpha value is -0.820. The van der Waals surface area contributed by atoms with E-state index in [2.05, 4.69) is 30.3 Å². The van der Waals surface area contributed by atoms with E-state index in [1.54, 1.807) is 0 Å². The van der Waals surface area contributed by atoms with Gasteiger partial charge >= 0.3 is 0 Å². The van der Waals surface area contributed by atoms with Crippen LogP contribution in [0.25, 0.3) is 0 Å². The molecule has 3 aliphatic carbocycles. The van der Waals surface area contributed by atoms with Crippen LogP contribution in [0.2, 0.25) is 0 Å². The van der Waals surface area contributed by atoms with Crippen LogP contribution in [0.5, 0.6) is 0 Å². The lowest BCUT2D eigenvalue weighted by Gasteiger charge is -2.50. The summed E-state index contributed by atoms with van der Waals surface area (Å²) >= 11 is 0. The zero-order valence-electron chi connectivity index (χ0n) is 11.1. The Morgan fingerprint density at radius 2 is 1.61 bits per heavy atom. The predicted molar refractivity (Wildman–Crippen MR) is 74.0 cm³/mol. The van der Waals surface area contributed by atoms with Gasteiger partial charge in [-0.1, -0.05) is 43.2 Å². The Kier molecular flexibility index (Phi) is 2.21. The lowest BCUT2D eigenvalue weighted by atomic mass is 9.58. The molecule has 4 rings (SSSR count). The van der Waals surface area contributed by atoms with Crippen LogP contribution in [0.4, 0.5) is 0 Å². The summed E-state index contributed by atoms with van der Waals surface area (Å²) in [5, 5.41) is 0. The van der Waals surface area contributed by atoms with E-state index >= 15 is 0 Å². The third-order valence-electron chi connectivity index (χ3n) is 6.43. The molecule has 3 saturated carbocycles. The third kappa shape index (κ3) is 1.12. The van der Waals surface area contributed by atoms with Crippen molar-refractivity contribution in [3.63, 3.8) is 0 Å². The molecule has 3 aliphatic rings. The van der Waals surface area contributed by atoms with E-state index in [1.165, 1.54) is 50.5 Å². The molecule has 0 radical (unpaired) electrons. The Bertz CT molecular complexity index is 446. The molecule has 0 aromatic heterocycles. The lowest BCUT2D eigenvalue weighted by Crippen LogP contribution is -2.55. The SMILES string of the molecule is N[C@@]1(c2ccccc2)C2CCC(C2)C12CCCC2. The van der Waals surface area contributed by atoms with E-state index < -0.39 is 0 Å². The molecule has 0 heterocycles. The van der Waals surface area contributed by atoms with Gasteiger partial charge in [-0.15, -0.1) is 0 Å². The van der Waals surface area contributed by atoms with E-state index in [0.29, 0.717) is 5.41 Å². The molecule has 1 heteroatoms. The molecular formula is C17H23N. The smallest absolute Gasteiger partial charge is 0.0497 e. The molecule has 2 N–H and O–H groups in total. The molecule has 18 heavy (non-hydrogen) atoms. The molecule has 1 aromatic rings. The first-order valence-electron chi connectivity index (χ1n) is 7.62. The minimum atomic E-state index is -0.0202. The van der Waals surface area contributed by atoms with Gasteiger partial charge in [-0.2, -0.15) is 0 Å². The van der Waals surface area contributed by atoms with E-state index in [9.17, 15) is 0 Å². The average Bonchev–Trinajstić information content (AvgIpc) is 3.11. The molecular weight excluding hydrogens is 218 g/mol. The maximum atomic E-state index is 7.11. The fourth-order valence-electron chi connectivity index (χ4n) is 5.71. The average molecular weight is 241 g/mol. The lowest BCUT2D eigenvalue weighted by molar-refractivity contribution is 0.0513. The van der Waals surface area contributed by atoms with Crippen molar-refractivity contribution in [1.82, 2.24) is 0 Å². The monoisotopic (exact) mass is 241 g/mol. The van der Waals surface area contributed by atoms with E-state index in [4.69, 9.17) is 5.73 Å². The van der Waals surface area contributed by atoms with Crippen molar-refractivity contribution in [2.24, 2.45) is 23.0 Å². The number of hydrogen-bond donors (Lipinski definition) is 1. The molecule has 1 nitrogen and oxygen atoms in total. The maximum absolute atomic E-state index is 7.11. The van der Waals surface area contributed by atoms with Crippen LogP contribution in [0.1, 0.15) is 50.5 Å². The first-order valence-corrected chi connectivity index (χ1v) is 7.62. The molecule has 96 valence electrons. The summed E-state index contributed by atoms with van der Waals surface area (Å²) in [5.74, 6) is 1.65. The van der Waals surface area contributed by atoms with Crippen LogP contribution in [-0.2, 0) is 5.54 Å². The van der Waals surface area contributed by atoms with Crippen LogP contribution in [0.3, 0.4) is 0 Å². The van der Waals surface area contributed by atoms with Crippen molar-refractivity contribution in [3.05, 3.63) is 35.9 Å². The summed E-state index contributed by atoms with van der Waals surface area (Å²) in [5.41, 5.74) is 8.94. The molecule has 0 saturated heterocycles. The van der Waals surface area contributed by atoms with Crippen LogP contribution in [0, 0.1) is 17.3 Å². The number of fused-ring (bicyclic) bond motifs is 3. The molecule has 2 bridgehead atoms. The van der Waals surface area contributed by atoms with Crippen LogP contribution in [0.15, 0.2) is 30.3 Å². The van der Waals surface area contributed by atoms with Crippen molar-refractivity contribution < 1.29 is 0 Å². The summed E-state index contributed by atoms with van der Waals surface area (Å²) < 4.78 is 0. The maximum Gasteiger partial charge on any atom is 0.0497 e. The van der Waals surface area contributed by atoms with Crippen LogP contribution < -0.4 is 5.73 Å². The summed E-state index contributed by atoms with van der Waals surface area (Å²) in [4.78, 5) is 0. The summed E-state index contributed by atoms with van der Waals surface area (Å²) in [6, 6.07) is 11.0. The topological polar surface area (TPSA) is 26.0 Å². The van der Waals surface area contributed by atoms with Gasteiger partial charge in [0.2, 0.25) is 0 Å². The van der Waals surface area contributed by atoms with Crippen molar-refractivity contribution in [3.8, 4) is 0 Å². The number of hydrogen-bond acceptors (Lipinski definition) is 1. The number of benzene rings is 1. The fourth-order valence-corrected chi connectivity index (χ4v) is 5.71. The van der Waals surface area contributed by atoms with Crippen molar-refractivity contribution >= 4 is 0 Å². The first kappa shape index (κ1) is 11.0. The van der Waals surface area contributed by atoms with E-state index in [0.717, 1.165) is 11.8 Å². The highest BCUT2D eigenvalue weighted by Gasteiger charge is 2.66. The molecule has 0 aliphatic heterocycles. The fraction of sp³-hybridized carbons (Fsp3) is 0.647. The van der Waals surface area contributed by atoms with Gasteiger partial charge in [0.1, 0.15) is 0 Å². The Labute approximate surface area is 110 Å². The van der Waals surface area contributed by atoms with Crippen LogP contribution >= 0.6 is 0 Å². The van der Waals surface area contributed by atoms with Gasteiger partial charge in [-0.05, 0) is 54.9 Å². The first-order chi connectivity index (χ1) is 8.77. The van der Waals surface area contributed by atoms with Gasteiger partial charge in [-0.25, -0.2) is 0 Å². The largest absolute Gasteiger partial charge is 0.321 e. The molecule has 2 unspecified atom stereocenters. The van der Waals surface area contributed by atoms with E-state index in [-0.39, 0.29) is 5.54 Å². The Morgan fingerprint density at radius 1 is 0.944 bits per heavy atom. The normalized spacial score (nSPS) is 40.7. The van der Waals surface area contributed by atoms with Gasteiger partial charge in [0, 0.05) is 5.54 Å². The summed E-state index contributed by atoms with van der Waals surface area (Å²) in [6.45, 7) is 0. The quantitative estimate of drug-likeness (QED) is 0.794. The Balaban J connectivity index is 1.87. The minimum Gasteiger partial charge on any atom is -0.321 e. The van der Waals surface area contributed by atoms with Gasteiger partial charge in [0.15, 0.2) is 0 Å². The van der Waals surface area contributed by atoms with Crippen molar-refractivity contribution in [2.75, 3.05) is 0 Å². The molecule has 1 aromatic carbocycles. The van der Waals surface area contributed by atoms with Gasteiger partial charge in [0.25, 0.3) is 0 Å². The predicted octanol–water partition coefficient (Wildman–Crippen LogP) is 3.83. The second-order valence-corrected chi connectivity index (χ2v) is 6.81. The van der Waals surface area contributed by atoms with Gasteiger partial charge in [0.05, 0.1) is 0 Å². The summed E-state index contributed by atoms with van der Waals surface area (Å²) in [7, 11) is 0. The second-order valence-electron chi connectivity index (χ2n) is 6.81. The number of nitrogens with two attached hydrogens (primary N) is 1.